The first-order valence-corrected chi connectivity index (χ1v) is 6.10. The third-order valence-corrected chi connectivity index (χ3v) is 2.91. The van der Waals surface area contributed by atoms with Crippen molar-refractivity contribution in [3.05, 3.63) is 41.4 Å². The Bertz CT molecular complexity index is 656. The summed E-state index contributed by atoms with van der Waals surface area (Å²) in [5.74, 6) is -0.421. The molecular weight excluding hydrogens is 309 g/mol. The minimum absolute atomic E-state index is 0.302. The molecule has 0 aromatic heterocycles. The van der Waals surface area contributed by atoms with Crippen molar-refractivity contribution < 1.29 is 27.8 Å². The molecule has 0 radical (unpaired) electrons. The molecule has 0 unspecified atom stereocenters. The Labute approximate surface area is 123 Å². The normalized spacial score (nSPS) is 11.3. The fourth-order valence-corrected chi connectivity index (χ4v) is 2.05. The highest BCUT2D eigenvalue weighted by Crippen LogP contribution is 2.35. The average molecular weight is 319 g/mol. The van der Waals surface area contributed by atoms with Gasteiger partial charge in [0.25, 0.3) is 0 Å². The van der Waals surface area contributed by atoms with E-state index in [0.717, 1.165) is 12.1 Å². The number of phenols is 1. The Balaban J connectivity index is 2.42. The molecule has 0 saturated carbocycles. The molecule has 2 aromatic rings. The van der Waals surface area contributed by atoms with Crippen LogP contribution in [0.5, 0.6) is 17.2 Å². The molecule has 0 fully saturated rings. The van der Waals surface area contributed by atoms with E-state index in [1.54, 1.807) is 12.1 Å². The summed E-state index contributed by atoms with van der Waals surface area (Å²) < 4.78 is 45.5. The summed E-state index contributed by atoms with van der Waals surface area (Å²) in [5.41, 5.74) is 0.850. The first kappa shape index (κ1) is 15.3. The highest BCUT2D eigenvalue weighted by atomic mass is 35.5. The van der Waals surface area contributed by atoms with Crippen LogP contribution in [0.3, 0.4) is 0 Å². The highest BCUT2D eigenvalue weighted by Gasteiger charge is 2.31. The van der Waals surface area contributed by atoms with Gasteiger partial charge < -0.3 is 14.6 Å². The molecule has 3 nitrogen and oxygen atoms in total. The second kappa shape index (κ2) is 5.73. The van der Waals surface area contributed by atoms with Crippen LogP contribution in [0.15, 0.2) is 36.4 Å². The predicted octanol–water partition coefficient (Wildman–Crippen LogP) is 4.62. The van der Waals surface area contributed by atoms with Gasteiger partial charge in [-0.05, 0) is 35.4 Å². The minimum atomic E-state index is -4.83. The number of phenolic OH excluding ortho intramolecular Hbond substituents is 1. The Morgan fingerprint density at radius 1 is 1.05 bits per heavy atom. The van der Waals surface area contributed by atoms with Gasteiger partial charge in [0.05, 0.1) is 12.1 Å². The quantitative estimate of drug-likeness (QED) is 0.897. The molecule has 0 bridgehead atoms. The number of alkyl halides is 3. The van der Waals surface area contributed by atoms with Crippen molar-refractivity contribution in [3.63, 3.8) is 0 Å². The Hall–Kier alpha value is -2.08. The van der Waals surface area contributed by atoms with Gasteiger partial charge in [-0.1, -0.05) is 17.7 Å². The number of hydrogen-bond donors (Lipinski definition) is 1. The van der Waals surface area contributed by atoms with Crippen molar-refractivity contribution in [2.75, 3.05) is 7.11 Å². The van der Waals surface area contributed by atoms with E-state index in [4.69, 9.17) is 16.3 Å². The number of aromatic hydroxyl groups is 1. The summed E-state index contributed by atoms with van der Waals surface area (Å²) in [4.78, 5) is 0. The lowest BCUT2D eigenvalue weighted by Gasteiger charge is -2.12. The van der Waals surface area contributed by atoms with E-state index < -0.39 is 12.1 Å². The van der Waals surface area contributed by atoms with Crippen molar-refractivity contribution in [3.8, 4) is 28.4 Å². The molecule has 0 heterocycles. The van der Waals surface area contributed by atoms with E-state index in [-0.39, 0.29) is 5.75 Å². The summed E-state index contributed by atoms with van der Waals surface area (Å²) in [5, 5.41) is 9.82. The molecule has 21 heavy (non-hydrogen) atoms. The zero-order valence-corrected chi connectivity index (χ0v) is 11.5. The Morgan fingerprint density at radius 3 is 2.33 bits per heavy atom. The van der Waals surface area contributed by atoms with E-state index in [2.05, 4.69) is 4.74 Å². The fourth-order valence-electron chi connectivity index (χ4n) is 1.79. The number of methoxy groups -OCH3 is 1. The highest BCUT2D eigenvalue weighted by molar-refractivity contribution is 6.32. The minimum Gasteiger partial charge on any atom is -0.508 e. The molecular formula is C14H10ClF3O3. The summed E-state index contributed by atoms with van der Waals surface area (Å²) in [7, 11) is 1.45. The van der Waals surface area contributed by atoms with Gasteiger partial charge in [0.2, 0.25) is 0 Å². The summed E-state index contributed by atoms with van der Waals surface area (Å²) in [6.07, 6.45) is -4.83. The zero-order valence-electron chi connectivity index (χ0n) is 10.7. The molecule has 1 N–H and O–H groups in total. The van der Waals surface area contributed by atoms with Gasteiger partial charge in [-0.15, -0.1) is 13.2 Å². The predicted molar refractivity (Wildman–Crippen MR) is 71.8 cm³/mol. The fraction of sp³-hybridized carbons (Fsp3) is 0.143. The van der Waals surface area contributed by atoms with Gasteiger partial charge in [0, 0.05) is 6.07 Å². The standard InChI is InChI=1S/C14H10ClF3O3/c1-20-13-3-2-8(6-12(13)15)9-4-10(19)7-11(5-9)21-14(16,17)18/h2-7,19H,1H3. The van der Waals surface area contributed by atoms with Crippen molar-refractivity contribution in [2.45, 2.75) is 6.36 Å². The van der Waals surface area contributed by atoms with Gasteiger partial charge in [-0.25, -0.2) is 0 Å². The average Bonchev–Trinajstić information content (AvgIpc) is 2.35. The maximum atomic E-state index is 12.2. The van der Waals surface area contributed by atoms with Crippen LogP contribution in [0.2, 0.25) is 5.02 Å². The van der Waals surface area contributed by atoms with Crippen molar-refractivity contribution >= 4 is 11.6 Å². The first-order chi connectivity index (χ1) is 9.78. The van der Waals surface area contributed by atoms with Crippen LogP contribution in [-0.2, 0) is 0 Å². The van der Waals surface area contributed by atoms with Gasteiger partial charge in [0.15, 0.2) is 0 Å². The zero-order chi connectivity index (χ0) is 15.6. The SMILES string of the molecule is COc1ccc(-c2cc(O)cc(OC(F)(F)F)c2)cc1Cl. The third kappa shape index (κ3) is 3.95. The van der Waals surface area contributed by atoms with Crippen molar-refractivity contribution in [1.29, 1.82) is 0 Å². The smallest absolute Gasteiger partial charge is 0.508 e. The maximum absolute atomic E-state index is 12.2. The number of ether oxygens (including phenoxy) is 2. The van der Waals surface area contributed by atoms with E-state index in [1.807, 2.05) is 0 Å². The topological polar surface area (TPSA) is 38.7 Å². The molecule has 2 rings (SSSR count). The molecule has 0 aliphatic heterocycles. The van der Waals surface area contributed by atoms with Crippen molar-refractivity contribution in [2.24, 2.45) is 0 Å². The van der Waals surface area contributed by atoms with Gasteiger partial charge >= 0.3 is 6.36 Å². The molecule has 0 atom stereocenters. The molecule has 0 aliphatic carbocycles. The largest absolute Gasteiger partial charge is 0.573 e. The van der Waals surface area contributed by atoms with Crippen LogP contribution in [0.25, 0.3) is 11.1 Å². The molecule has 2 aromatic carbocycles. The molecule has 0 aliphatic rings. The lowest BCUT2D eigenvalue weighted by atomic mass is 10.0. The summed E-state index contributed by atoms with van der Waals surface area (Å²) >= 11 is 5.97. The number of rotatable bonds is 3. The molecule has 7 heteroatoms. The van der Waals surface area contributed by atoms with Gasteiger partial charge in [-0.2, -0.15) is 0 Å². The lowest BCUT2D eigenvalue weighted by molar-refractivity contribution is -0.274. The van der Waals surface area contributed by atoms with Crippen LogP contribution in [0.4, 0.5) is 13.2 Å². The third-order valence-electron chi connectivity index (χ3n) is 2.61. The van der Waals surface area contributed by atoms with E-state index in [0.29, 0.717) is 21.9 Å². The van der Waals surface area contributed by atoms with Crippen LogP contribution in [0, 0.1) is 0 Å². The molecule has 0 amide bonds. The number of hydrogen-bond acceptors (Lipinski definition) is 3. The number of benzene rings is 2. The number of halogens is 4. The van der Waals surface area contributed by atoms with Gasteiger partial charge in [-0.3, -0.25) is 0 Å². The van der Waals surface area contributed by atoms with Crippen LogP contribution in [-0.4, -0.2) is 18.6 Å². The maximum Gasteiger partial charge on any atom is 0.573 e. The molecule has 0 saturated heterocycles. The van der Waals surface area contributed by atoms with Gasteiger partial charge in [0.1, 0.15) is 17.2 Å². The second-order valence-electron chi connectivity index (χ2n) is 4.11. The molecule has 112 valence electrons. The van der Waals surface area contributed by atoms with Crippen LogP contribution < -0.4 is 9.47 Å². The monoisotopic (exact) mass is 318 g/mol. The van der Waals surface area contributed by atoms with Crippen LogP contribution >= 0.6 is 11.6 Å². The van der Waals surface area contributed by atoms with Crippen LogP contribution in [0.1, 0.15) is 0 Å². The van der Waals surface area contributed by atoms with E-state index >= 15 is 0 Å². The Kier molecular flexibility index (Phi) is 4.18. The van der Waals surface area contributed by atoms with Crippen molar-refractivity contribution in [1.82, 2.24) is 0 Å². The summed E-state index contributed by atoms with van der Waals surface area (Å²) in [6.45, 7) is 0. The lowest BCUT2D eigenvalue weighted by Crippen LogP contribution is -2.17. The molecule has 0 spiro atoms. The van der Waals surface area contributed by atoms with E-state index in [9.17, 15) is 18.3 Å². The Morgan fingerprint density at radius 2 is 1.76 bits per heavy atom. The van der Waals surface area contributed by atoms with E-state index in [1.165, 1.54) is 19.2 Å². The first-order valence-electron chi connectivity index (χ1n) is 5.72. The second-order valence-corrected chi connectivity index (χ2v) is 4.52. The summed E-state index contributed by atoms with van der Waals surface area (Å²) in [6, 6.07) is 8.05.